The summed E-state index contributed by atoms with van der Waals surface area (Å²) in [6.07, 6.45) is 0. The summed E-state index contributed by atoms with van der Waals surface area (Å²) in [5, 5.41) is 2.87. The minimum atomic E-state index is -0.213. The van der Waals surface area contributed by atoms with Crippen LogP contribution in [-0.4, -0.2) is 53.7 Å². The third-order valence-electron chi connectivity index (χ3n) is 4.68. The fourth-order valence-electron chi connectivity index (χ4n) is 3.08. The second-order valence-electron chi connectivity index (χ2n) is 6.55. The second-order valence-corrected chi connectivity index (χ2v) is 6.55. The summed E-state index contributed by atoms with van der Waals surface area (Å²) >= 11 is 0. The van der Waals surface area contributed by atoms with Crippen LogP contribution in [0.2, 0.25) is 0 Å². The van der Waals surface area contributed by atoms with E-state index < -0.39 is 0 Å². The lowest BCUT2D eigenvalue weighted by Crippen LogP contribution is -2.50. The van der Waals surface area contributed by atoms with E-state index in [1.165, 1.54) is 6.92 Å². The highest BCUT2D eigenvalue weighted by Gasteiger charge is 2.23. The van der Waals surface area contributed by atoms with Gasteiger partial charge >= 0.3 is 0 Å². The SMILES string of the molecule is CC(=O)N1CCN(C(=O)c2cccc(C(=O)NCc3ccccc3)c2)CC1. The van der Waals surface area contributed by atoms with E-state index in [0.717, 1.165) is 5.56 Å². The summed E-state index contributed by atoms with van der Waals surface area (Å²) < 4.78 is 0. The largest absolute Gasteiger partial charge is 0.348 e. The first kappa shape index (κ1) is 18.6. The lowest BCUT2D eigenvalue weighted by molar-refractivity contribution is -0.130. The average Bonchev–Trinajstić information content (AvgIpc) is 2.72. The molecule has 0 unspecified atom stereocenters. The number of carbonyl (C=O) groups excluding carboxylic acids is 3. The van der Waals surface area contributed by atoms with Crippen LogP contribution in [0.1, 0.15) is 33.2 Å². The zero-order valence-corrected chi connectivity index (χ0v) is 15.4. The van der Waals surface area contributed by atoms with Crippen molar-refractivity contribution >= 4 is 17.7 Å². The molecule has 2 aromatic rings. The first-order valence-corrected chi connectivity index (χ1v) is 9.01. The second kappa shape index (κ2) is 8.49. The number of hydrogen-bond donors (Lipinski definition) is 1. The predicted molar refractivity (Wildman–Crippen MR) is 102 cm³/mol. The molecule has 3 rings (SSSR count). The van der Waals surface area contributed by atoms with E-state index in [4.69, 9.17) is 0 Å². The molecule has 1 saturated heterocycles. The van der Waals surface area contributed by atoms with Gasteiger partial charge in [0, 0.05) is 50.8 Å². The molecule has 1 fully saturated rings. The molecule has 2 aromatic carbocycles. The number of carbonyl (C=O) groups is 3. The van der Waals surface area contributed by atoms with Crippen LogP contribution in [0.15, 0.2) is 54.6 Å². The Kier molecular flexibility index (Phi) is 5.86. The van der Waals surface area contributed by atoms with E-state index in [1.807, 2.05) is 30.3 Å². The van der Waals surface area contributed by atoms with E-state index >= 15 is 0 Å². The normalized spacial score (nSPS) is 14.0. The molecule has 1 aliphatic rings. The van der Waals surface area contributed by atoms with Gasteiger partial charge in [-0.3, -0.25) is 14.4 Å². The number of nitrogens with one attached hydrogen (secondary N) is 1. The number of benzene rings is 2. The molecular formula is C21H23N3O3. The van der Waals surface area contributed by atoms with Crippen molar-refractivity contribution in [2.75, 3.05) is 26.2 Å². The molecule has 0 spiro atoms. The number of rotatable bonds is 4. The Morgan fingerprint density at radius 1 is 0.852 bits per heavy atom. The Hall–Kier alpha value is -3.15. The van der Waals surface area contributed by atoms with Gasteiger partial charge in [0.15, 0.2) is 0 Å². The number of amides is 3. The first-order valence-electron chi connectivity index (χ1n) is 9.01. The smallest absolute Gasteiger partial charge is 0.253 e. The Balaban J connectivity index is 1.62. The topological polar surface area (TPSA) is 69.7 Å². The number of nitrogens with zero attached hydrogens (tertiary/aromatic N) is 2. The van der Waals surface area contributed by atoms with Crippen LogP contribution in [0.5, 0.6) is 0 Å². The maximum atomic E-state index is 12.7. The summed E-state index contributed by atoms with van der Waals surface area (Å²) in [4.78, 5) is 40.0. The zero-order chi connectivity index (χ0) is 19.2. The van der Waals surface area contributed by atoms with Crippen molar-refractivity contribution in [3.8, 4) is 0 Å². The molecule has 27 heavy (non-hydrogen) atoms. The molecule has 0 saturated carbocycles. The van der Waals surface area contributed by atoms with Crippen LogP contribution >= 0.6 is 0 Å². The van der Waals surface area contributed by atoms with Gasteiger partial charge in [-0.05, 0) is 23.8 Å². The summed E-state index contributed by atoms with van der Waals surface area (Å²) in [7, 11) is 0. The van der Waals surface area contributed by atoms with Crippen LogP contribution in [0, 0.1) is 0 Å². The molecule has 140 valence electrons. The highest BCUT2D eigenvalue weighted by molar-refractivity contribution is 5.99. The van der Waals surface area contributed by atoms with Crippen molar-refractivity contribution in [2.24, 2.45) is 0 Å². The maximum Gasteiger partial charge on any atom is 0.253 e. The lowest BCUT2D eigenvalue weighted by Gasteiger charge is -2.34. The first-order chi connectivity index (χ1) is 13.0. The van der Waals surface area contributed by atoms with E-state index in [0.29, 0.717) is 43.9 Å². The molecule has 0 radical (unpaired) electrons. The molecule has 1 heterocycles. The van der Waals surface area contributed by atoms with Crippen molar-refractivity contribution in [2.45, 2.75) is 13.5 Å². The summed E-state index contributed by atoms with van der Waals surface area (Å²) in [6.45, 7) is 4.06. The van der Waals surface area contributed by atoms with Gasteiger partial charge in [0.05, 0.1) is 0 Å². The summed E-state index contributed by atoms with van der Waals surface area (Å²) in [6, 6.07) is 16.4. The van der Waals surface area contributed by atoms with E-state index in [2.05, 4.69) is 5.32 Å². The van der Waals surface area contributed by atoms with Crippen LogP contribution in [0.25, 0.3) is 0 Å². The maximum absolute atomic E-state index is 12.7. The van der Waals surface area contributed by atoms with Crippen molar-refractivity contribution in [1.29, 1.82) is 0 Å². The Bertz CT molecular complexity index is 828. The van der Waals surface area contributed by atoms with Gasteiger partial charge in [0.25, 0.3) is 11.8 Å². The molecule has 0 bridgehead atoms. The fourth-order valence-corrected chi connectivity index (χ4v) is 3.08. The molecule has 6 heteroatoms. The number of piperazine rings is 1. The lowest BCUT2D eigenvalue weighted by atomic mass is 10.1. The van der Waals surface area contributed by atoms with Gasteiger partial charge in [-0.25, -0.2) is 0 Å². The van der Waals surface area contributed by atoms with E-state index in [9.17, 15) is 14.4 Å². The van der Waals surface area contributed by atoms with Gasteiger partial charge < -0.3 is 15.1 Å². The quantitative estimate of drug-likeness (QED) is 0.900. The highest BCUT2D eigenvalue weighted by Crippen LogP contribution is 2.12. The molecule has 1 N–H and O–H groups in total. The Morgan fingerprint density at radius 3 is 2.15 bits per heavy atom. The third kappa shape index (κ3) is 4.73. The molecule has 1 aliphatic heterocycles. The van der Waals surface area contributed by atoms with Crippen LogP contribution in [-0.2, 0) is 11.3 Å². The third-order valence-corrected chi connectivity index (χ3v) is 4.68. The average molecular weight is 365 g/mol. The molecule has 6 nitrogen and oxygen atoms in total. The van der Waals surface area contributed by atoms with Gasteiger partial charge in [-0.2, -0.15) is 0 Å². The minimum absolute atomic E-state index is 0.0270. The zero-order valence-electron chi connectivity index (χ0n) is 15.4. The van der Waals surface area contributed by atoms with Crippen LogP contribution in [0.3, 0.4) is 0 Å². The van der Waals surface area contributed by atoms with E-state index in [-0.39, 0.29) is 17.7 Å². The van der Waals surface area contributed by atoms with E-state index in [1.54, 1.807) is 34.1 Å². The minimum Gasteiger partial charge on any atom is -0.348 e. The van der Waals surface area contributed by atoms with Crippen LogP contribution in [0.4, 0.5) is 0 Å². The van der Waals surface area contributed by atoms with Crippen molar-refractivity contribution in [1.82, 2.24) is 15.1 Å². The highest BCUT2D eigenvalue weighted by atomic mass is 16.2. The van der Waals surface area contributed by atoms with Gasteiger partial charge in [-0.1, -0.05) is 36.4 Å². The van der Waals surface area contributed by atoms with Gasteiger partial charge in [0.2, 0.25) is 5.91 Å². The number of hydrogen-bond acceptors (Lipinski definition) is 3. The molecule has 0 aliphatic carbocycles. The standard InChI is InChI=1S/C21H23N3O3/c1-16(25)23-10-12-24(13-11-23)21(27)19-9-5-8-18(14-19)20(26)22-15-17-6-3-2-4-7-17/h2-9,14H,10-13,15H2,1H3,(H,22,26). The Morgan fingerprint density at radius 2 is 1.48 bits per heavy atom. The molecule has 3 amide bonds. The Labute approximate surface area is 158 Å². The fraction of sp³-hybridized carbons (Fsp3) is 0.286. The van der Waals surface area contributed by atoms with Crippen molar-refractivity contribution in [3.63, 3.8) is 0 Å². The summed E-state index contributed by atoms with van der Waals surface area (Å²) in [5.74, 6) is -0.301. The molecule has 0 atom stereocenters. The monoisotopic (exact) mass is 365 g/mol. The molecule has 0 aromatic heterocycles. The van der Waals surface area contributed by atoms with Gasteiger partial charge in [0.1, 0.15) is 0 Å². The van der Waals surface area contributed by atoms with Gasteiger partial charge in [-0.15, -0.1) is 0 Å². The summed E-state index contributed by atoms with van der Waals surface area (Å²) in [5.41, 5.74) is 1.96. The molecular weight excluding hydrogens is 342 g/mol. The van der Waals surface area contributed by atoms with Crippen molar-refractivity contribution < 1.29 is 14.4 Å². The van der Waals surface area contributed by atoms with Crippen molar-refractivity contribution in [3.05, 3.63) is 71.3 Å². The van der Waals surface area contributed by atoms with Crippen LogP contribution < -0.4 is 5.32 Å². The predicted octanol–water partition coefficient (Wildman–Crippen LogP) is 1.92.